The molecule has 1 aliphatic heterocycles. The monoisotopic (exact) mass is 351 g/mol. The second-order valence-corrected chi connectivity index (χ2v) is 8.21. The molecule has 1 aromatic heterocycles. The number of piperazine rings is 1. The molecule has 2 heterocycles. The van der Waals surface area contributed by atoms with Gasteiger partial charge >= 0.3 is 0 Å². The van der Waals surface area contributed by atoms with Crippen molar-refractivity contribution in [3.63, 3.8) is 0 Å². The van der Waals surface area contributed by atoms with Crippen LogP contribution in [0.25, 0.3) is 0 Å². The highest BCUT2D eigenvalue weighted by Crippen LogP contribution is 2.21. The topological polar surface area (TPSA) is 70.6 Å². The highest BCUT2D eigenvalue weighted by atomic mass is 32.2. The Labute approximate surface area is 139 Å². The number of sulfonamides is 1. The Morgan fingerprint density at radius 2 is 1.96 bits per heavy atom. The second-order valence-electron chi connectivity index (χ2n) is 5.25. The van der Waals surface area contributed by atoms with Gasteiger partial charge in [0.05, 0.1) is 12.3 Å². The van der Waals surface area contributed by atoms with Crippen LogP contribution in [0.3, 0.4) is 0 Å². The van der Waals surface area contributed by atoms with Crippen LogP contribution in [0.2, 0.25) is 0 Å². The second kappa shape index (κ2) is 6.77. The van der Waals surface area contributed by atoms with Gasteiger partial charge in [0.25, 0.3) is 0 Å². The first kappa shape index (κ1) is 16.1. The van der Waals surface area contributed by atoms with Crippen LogP contribution in [-0.4, -0.2) is 49.0 Å². The Hall–Kier alpha value is -1.77. The minimum Gasteiger partial charge on any atom is -0.286 e. The van der Waals surface area contributed by atoms with Crippen LogP contribution in [0.1, 0.15) is 5.56 Å². The van der Waals surface area contributed by atoms with Crippen molar-refractivity contribution >= 4 is 32.4 Å². The molecule has 0 saturated carbocycles. The minimum atomic E-state index is -3.44. The maximum Gasteiger partial charge on any atom is 0.244 e. The van der Waals surface area contributed by atoms with E-state index in [1.807, 2.05) is 30.3 Å². The lowest BCUT2D eigenvalue weighted by Gasteiger charge is -2.32. The van der Waals surface area contributed by atoms with E-state index in [0.717, 1.165) is 5.56 Å². The molecule has 1 saturated heterocycles. The lowest BCUT2D eigenvalue weighted by atomic mass is 10.2. The van der Waals surface area contributed by atoms with Crippen LogP contribution in [-0.2, 0) is 21.2 Å². The van der Waals surface area contributed by atoms with E-state index in [9.17, 15) is 13.2 Å². The first-order valence-electron chi connectivity index (χ1n) is 7.28. The average Bonchev–Trinajstić information content (AvgIpc) is 3.08. The molecule has 23 heavy (non-hydrogen) atoms. The van der Waals surface area contributed by atoms with E-state index in [2.05, 4.69) is 4.98 Å². The Morgan fingerprint density at radius 1 is 1.17 bits per heavy atom. The fourth-order valence-electron chi connectivity index (χ4n) is 2.46. The Kier molecular flexibility index (Phi) is 4.74. The fraction of sp³-hybridized carbons (Fsp3) is 0.333. The van der Waals surface area contributed by atoms with E-state index in [1.54, 1.807) is 16.5 Å². The summed E-state index contributed by atoms with van der Waals surface area (Å²) in [6.07, 6.45) is 2.08. The highest BCUT2D eigenvalue weighted by molar-refractivity contribution is 7.89. The summed E-state index contributed by atoms with van der Waals surface area (Å²) in [6.45, 7) is 0.538. The van der Waals surface area contributed by atoms with E-state index >= 15 is 0 Å². The molecule has 3 rings (SSSR count). The van der Waals surface area contributed by atoms with Crippen molar-refractivity contribution in [1.82, 2.24) is 9.29 Å². The number of benzene rings is 1. The molecule has 1 amide bonds. The zero-order valence-electron chi connectivity index (χ0n) is 12.5. The van der Waals surface area contributed by atoms with Gasteiger partial charge in [0.1, 0.15) is 0 Å². The normalized spacial score (nSPS) is 16.7. The number of carbonyl (C=O) groups is 1. The summed E-state index contributed by atoms with van der Waals surface area (Å²) >= 11 is 1.38. The summed E-state index contributed by atoms with van der Waals surface area (Å²) in [4.78, 5) is 17.9. The Balaban J connectivity index is 1.62. The van der Waals surface area contributed by atoms with Crippen LogP contribution in [0.5, 0.6) is 0 Å². The summed E-state index contributed by atoms with van der Waals surface area (Å²) in [5, 5.41) is 2.42. The van der Waals surface area contributed by atoms with Gasteiger partial charge in [0, 0.05) is 24.7 Å². The molecule has 0 spiro atoms. The smallest absolute Gasteiger partial charge is 0.244 e. The van der Waals surface area contributed by atoms with Crippen LogP contribution < -0.4 is 4.90 Å². The van der Waals surface area contributed by atoms with Gasteiger partial charge in [-0.3, -0.25) is 9.69 Å². The summed E-state index contributed by atoms with van der Waals surface area (Å²) < 4.78 is 26.2. The number of nitrogens with zero attached hydrogens (tertiary/aromatic N) is 3. The van der Waals surface area contributed by atoms with Crippen LogP contribution in [0.15, 0.2) is 41.9 Å². The quantitative estimate of drug-likeness (QED) is 0.816. The predicted molar refractivity (Wildman–Crippen MR) is 90.0 cm³/mol. The molecule has 0 unspecified atom stereocenters. The van der Waals surface area contributed by atoms with E-state index in [-0.39, 0.29) is 18.2 Å². The van der Waals surface area contributed by atoms with Gasteiger partial charge in [-0.15, -0.1) is 11.3 Å². The molecule has 1 aromatic carbocycles. The number of amides is 1. The fourth-order valence-corrected chi connectivity index (χ4v) is 4.57. The number of anilines is 1. The van der Waals surface area contributed by atoms with Crippen molar-refractivity contribution < 1.29 is 13.2 Å². The number of hydrogen-bond acceptors (Lipinski definition) is 5. The number of hydrogen-bond donors (Lipinski definition) is 0. The number of carbonyl (C=O) groups excluding carboxylic acids is 1. The molecule has 0 aliphatic carbocycles. The lowest BCUT2D eigenvalue weighted by Crippen LogP contribution is -2.52. The van der Waals surface area contributed by atoms with Crippen LogP contribution in [0.4, 0.5) is 5.13 Å². The summed E-state index contributed by atoms with van der Waals surface area (Å²) in [5.41, 5.74) is 0.976. The third kappa shape index (κ3) is 3.77. The highest BCUT2D eigenvalue weighted by Gasteiger charge is 2.32. The number of thiazole rings is 1. The SMILES string of the molecule is O=C1CN(S(=O)(=O)CCc2ccccc2)CCN1c1nccs1. The van der Waals surface area contributed by atoms with E-state index in [1.165, 1.54) is 15.6 Å². The van der Waals surface area contributed by atoms with Crippen molar-refractivity contribution in [2.75, 3.05) is 30.3 Å². The Bertz CT molecular complexity index is 761. The van der Waals surface area contributed by atoms with Gasteiger partial charge in [-0.25, -0.2) is 13.4 Å². The first-order chi connectivity index (χ1) is 11.1. The van der Waals surface area contributed by atoms with Gasteiger partial charge in [0.15, 0.2) is 5.13 Å². The van der Waals surface area contributed by atoms with Gasteiger partial charge in [-0.1, -0.05) is 30.3 Å². The third-order valence-corrected chi connectivity index (χ3v) is 6.33. The molecule has 0 radical (unpaired) electrons. The van der Waals surface area contributed by atoms with Crippen molar-refractivity contribution in [2.24, 2.45) is 0 Å². The summed E-state index contributed by atoms with van der Waals surface area (Å²) in [5.74, 6) is -0.212. The standard InChI is InChI=1S/C15H17N3O3S2/c19-14-12-17(8-9-18(14)15-16-7-10-22-15)23(20,21)11-6-13-4-2-1-3-5-13/h1-5,7,10H,6,8-9,11-12H2. The summed E-state index contributed by atoms with van der Waals surface area (Å²) in [6, 6.07) is 9.48. The van der Waals surface area contributed by atoms with Crippen LogP contribution >= 0.6 is 11.3 Å². The van der Waals surface area contributed by atoms with Gasteiger partial charge in [-0.05, 0) is 12.0 Å². The molecule has 1 fully saturated rings. The zero-order valence-corrected chi connectivity index (χ0v) is 14.1. The number of aryl methyl sites for hydroxylation is 1. The van der Waals surface area contributed by atoms with E-state index in [4.69, 9.17) is 0 Å². The molecule has 0 bridgehead atoms. The van der Waals surface area contributed by atoms with E-state index in [0.29, 0.717) is 24.6 Å². The predicted octanol–water partition coefficient (Wildman–Crippen LogP) is 1.36. The number of aromatic nitrogens is 1. The molecule has 2 aromatic rings. The van der Waals surface area contributed by atoms with Crippen molar-refractivity contribution in [3.05, 3.63) is 47.5 Å². The van der Waals surface area contributed by atoms with Gasteiger partial charge in [-0.2, -0.15) is 4.31 Å². The maximum atomic E-state index is 12.4. The molecule has 8 heteroatoms. The van der Waals surface area contributed by atoms with Crippen LogP contribution in [0, 0.1) is 0 Å². The zero-order chi connectivity index (χ0) is 16.3. The molecule has 1 aliphatic rings. The van der Waals surface area contributed by atoms with E-state index < -0.39 is 10.0 Å². The Morgan fingerprint density at radius 3 is 2.61 bits per heavy atom. The third-order valence-electron chi connectivity index (χ3n) is 3.72. The number of rotatable bonds is 5. The average molecular weight is 351 g/mol. The minimum absolute atomic E-state index is 0.0154. The molecule has 0 atom stereocenters. The van der Waals surface area contributed by atoms with Crippen molar-refractivity contribution in [1.29, 1.82) is 0 Å². The molecular formula is C15H17N3O3S2. The first-order valence-corrected chi connectivity index (χ1v) is 9.77. The molecule has 6 nitrogen and oxygen atoms in total. The van der Waals surface area contributed by atoms with Crippen molar-refractivity contribution in [2.45, 2.75) is 6.42 Å². The molecular weight excluding hydrogens is 334 g/mol. The lowest BCUT2D eigenvalue weighted by molar-refractivity contribution is -0.119. The molecule has 0 N–H and O–H groups in total. The van der Waals surface area contributed by atoms with Crippen molar-refractivity contribution in [3.8, 4) is 0 Å². The van der Waals surface area contributed by atoms with Gasteiger partial charge in [0.2, 0.25) is 15.9 Å². The largest absolute Gasteiger partial charge is 0.286 e. The summed E-state index contributed by atoms with van der Waals surface area (Å²) in [7, 11) is -3.44. The molecule has 122 valence electrons. The maximum absolute atomic E-state index is 12.4. The van der Waals surface area contributed by atoms with Gasteiger partial charge < -0.3 is 0 Å².